The number of rotatable bonds is 10. The van der Waals surface area contributed by atoms with Crippen LogP contribution in [-0.4, -0.2) is 0 Å². The summed E-state index contributed by atoms with van der Waals surface area (Å²) in [5, 5.41) is 1.87. The molecule has 0 N–H and O–H groups in total. The lowest BCUT2D eigenvalue weighted by Gasteiger charge is -2.09. The lowest BCUT2D eigenvalue weighted by Crippen LogP contribution is -2.02. The second kappa shape index (κ2) is 10.8. The maximum atomic E-state index is 15.1. The molecule has 3 aromatic carbocycles. The Kier molecular flexibility index (Phi) is 7.59. The first-order chi connectivity index (χ1) is 16.1. The van der Waals surface area contributed by atoms with Crippen LogP contribution in [0, 0.1) is 5.82 Å². The van der Waals surface area contributed by atoms with Crippen LogP contribution in [0.3, 0.4) is 0 Å². The first-order valence-corrected chi connectivity index (χ1v) is 12.4. The van der Waals surface area contributed by atoms with E-state index in [-0.39, 0.29) is 5.58 Å². The predicted molar refractivity (Wildman–Crippen MR) is 136 cm³/mol. The summed E-state index contributed by atoms with van der Waals surface area (Å²) in [6.45, 7) is 4.35. The van der Waals surface area contributed by atoms with Crippen LogP contribution in [0.2, 0.25) is 0 Å². The molecule has 0 spiro atoms. The highest BCUT2D eigenvalue weighted by Gasteiger charge is 2.15. The van der Waals surface area contributed by atoms with Gasteiger partial charge in [-0.2, -0.15) is 0 Å². The highest BCUT2D eigenvalue weighted by Crippen LogP contribution is 2.30. The molecular formula is C30H33FO2. The molecule has 0 saturated carbocycles. The number of unbranched alkanes of at least 4 members (excludes halogenated alkanes) is 5. The Morgan fingerprint density at radius 3 is 2.12 bits per heavy atom. The standard InChI is InChI=1S/C30H33FO2/c1-3-5-7-9-10-21-12-14-22(15-13-21)24-17-18-25-26-19-16-23(11-8-6-4-2)28(31)29(26)33-30(32)27(25)20-24/h12-20H,3-11H2,1-2H3. The average Bonchev–Trinajstić information content (AvgIpc) is 2.84. The zero-order valence-electron chi connectivity index (χ0n) is 19.8. The second-order valence-corrected chi connectivity index (χ2v) is 9.03. The van der Waals surface area contributed by atoms with Crippen LogP contribution in [0.5, 0.6) is 0 Å². The number of aryl methyl sites for hydroxylation is 2. The molecule has 4 rings (SSSR count). The van der Waals surface area contributed by atoms with Crippen molar-refractivity contribution in [3.63, 3.8) is 0 Å². The lowest BCUT2D eigenvalue weighted by atomic mass is 9.97. The molecule has 0 atom stereocenters. The highest BCUT2D eigenvalue weighted by atomic mass is 19.1. The number of hydrogen-bond acceptors (Lipinski definition) is 2. The first-order valence-electron chi connectivity index (χ1n) is 12.4. The smallest absolute Gasteiger partial charge is 0.344 e. The number of hydrogen-bond donors (Lipinski definition) is 0. The van der Waals surface area contributed by atoms with E-state index in [0.29, 0.717) is 22.8 Å². The Morgan fingerprint density at radius 2 is 1.36 bits per heavy atom. The maximum Gasteiger partial charge on any atom is 0.344 e. The highest BCUT2D eigenvalue weighted by molar-refractivity contribution is 6.05. The van der Waals surface area contributed by atoms with E-state index in [4.69, 9.17) is 4.42 Å². The van der Waals surface area contributed by atoms with Crippen LogP contribution in [0.25, 0.3) is 32.9 Å². The van der Waals surface area contributed by atoms with Crippen molar-refractivity contribution < 1.29 is 8.81 Å². The number of benzene rings is 3. The van der Waals surface area contributed by atoms with E-state index in [9.17, 15) is 4.79 Å². The van der Waals surface area contributed by atoms with Gasteiger partial charge in [0.1, 0.15) is 0 Å². The van der Waals surface area contributed by atoms with Gasteiger partial charge in [-0.15, -0.1) is 0 Å². The zero-order valence-corrected chi connectivity index (χ0v) is 19.8. The topological polar surface area (TPSA) is 30.2 Å². The summed E-state index contributed by atoms with van der Waals surface area (Å²) in [4.78, 5) is 12.8. The fourth-order valence-corrected chi connectivity index (χ4v) is 4.56. The van der Waals surface area contributed by atoms with Crippen molar-refractivity contribution in [3.05, 3.63) is 82.0 Å². The Balaban J connectivity index is 1.64. The minimum absolute atomic E-state index is 0.0710. The first kappa shape index (κ1) is 23.2. The van der Waals surface area contributed by atoms with E-state index in [2.05, 4.69) is 38.1 Å². The van der Waals surface area contributed by atoms with Gasteiger partial charge in [0.15, 0.2) is 11.4 Å². The quantitative estimate of drug-likeness (QED) is 0.139. The molecule has 0 radical (unpaired) electrons. The molecule has 0 aliphatic carbocycles. The number of fused-ring (bicyclic) bond motifs is 3. The molecule has 0 unspecified atom stereocenters. The number of halogens is 1. The van der Waals surface area contributed by atoms with Crippen molar-refractivity contribution in [2.75, 3.05) is 0 Å². The summed E-state index contributed by atoms with van der Waals surface area (Å²) in [6.07, 6.45) is 9.85. The van der Waals surface area contributed by atoms with Crippen molar-refractivity contribution in [2.24, 2.45) is 0 Å². The van der Waals surface area contributed by atoms with E-state index in [1.54, 1.807) is 0 Å². The third-order valence-corrected chi connectivity index (χ3v) is 6.56. The SMILES string of the molecule is CCCCCCc1ccc(-c2ccc3c(c2)c(=O)oc2c(F)c(CCCCC)ccc23)cc1. The molecule has 172 valence electrons. The molecule has 4 aromatic rings. The Morgan fingerprint density at radius 1 is 0.697 bits per heavy atom. The normalized spacial score (nSPS) is 11.5. The minimum Gasteiger partial charge on any atom is -0.419 e. The fraction of sp³-hybridized carbons (Fsp3) is 0.367. The summed E-state index contributed by atoms with van der Waals surface area (Å²) in [6, 6.07) is 18.1. The summed E-state index contributed by atoms with van der Waals surface area (Å²) < 4.78 is 20.6. The van der Waals surface area contributed by atoms with E-state index in [1.807, 2.05) is 30.3 Å². The predicted octanol–water partition coefficient (Wildman–Crippen LogP) is 8.61. The van der Waals surface area contributed by atoms with Crippen molar-refractivity contribution in [2.45, 2.75) is 71.6 Å². The van der Waals surface area contributed by atoms with Gasteiger partial charge in [0.25, 0.3) is 0 Å². The van der Waals surface area contributed by atoms with Crippen molar-refractivity contribution in [3.8, 4) is 11.1 Å². The van der Waals surface area contributed by atoms with Gasteiger partial charge < -0.3 is 4.42 Å². The molecular weight excluding hydrogens is 411 g/mol. The molecule has 0 aliphatic rings. The van der Waals surface area contributed by atoms with Gasteiger partial charge in [-0.25, -0.2) is 9.18 Å². The van der Waals surface area contributed by atoms with Crippen LogP contribution in [0.4, 0.5) is 4.39 Å². The molecule has 0 saturated heterocycles. The largest absolute Gasteiger partial charge is 0.419 e. The van der Waals surface area contributed by atoms with Gasteiger partial charge in [0, 0.05) is 10.8 Å². The van der Waals surface area contributed by atoms with Gasteiger partial charge in [0.2, 0.25) is 0 Å². The summed E-state index contributed by atoms with van der Waals surface area (Å²) in [7, 11) is 0. The van der Waals surface area contributed by atoms with Gasteiger partial charge in [-0.05, 0) is 54.0 Å². The van der Waals surface area contributed by atoms with E-state index < -0.39 is 11.4 Å². The molecule has 0 fully saturated rings. The molecule has 33 heavy (non-hydrogen) atoms. The summed E-state index contributed by atoms with van der Waals surface area (Å²) >= 11 is 0. The molecule has 3 heteroatoms. The van der Waals surface area contributed by atoms with E-state index >= 15 is 4.39 Å². The molecule has 1 heterocycles. The molecule has 2 nitrogen and oxygen atoms in total. The maximum absolute atomic E-state index is 15.1. The van der Waals surface area contributed by atoms with Crippen LogP contribution in [0.15, 0.2) is 63.8 Å². The molecule has 1 aromatic heterocycles. The second-order valence-electron chi connectivity index (χ2n) is 9.03. The Bertz CT molecular complexity index is 1280. The Labute approximate surface area is 195 Å². The van der Waals surface area contributed by atoms with Crippen LogP contribution in [0.1, 0.15) is 69.9 Å². The third kappa shape index (κ3) is 5.19. The zero-order chi connectivity index (χ0) is 23.2. The monoisotopic (exact) mass is 444 g/mol. The van der Waals surface area contributed by atoms with Gasteiger partial charge in [-0.3, -0.25) is 0 Å². The van der Waals surface area contributed by atoms with Crippen molar-refractivity contribution in [1.29, 1.82) is 0 Å². The summed E-state index contributed by atoms with van der Waals surface area (Å²) in [5.41, 5.74) is 3.56. The lowest BCUT2D eigenvalue weighted by molar-refractivity contribution is 0.522. The fourth-order valence-electron chi connectivity index (χ4n) is 4.56. The van der Waals surface area contributed by atoms with Crippen LogP contribution >= 0.6 is 0 Å². The van der Waals surface area contributed by atoms with Crippen molar-refractivity contribution >= 4 is 21.7 Å². The van der Waals surface area contributed by atoms with Crippen molar-refractivity contribution in [1.82, 2.24) is 0 Å². The average molecular weight is 445 g/mol. The third-order valence-electron chi connectivity index (χ3n) is 6.56. The Hall–Kier alpha value is -2.94. The van der Waals surface area contributed by atoms with Gasteiger partial charge in [0.05, 0.1) is 5.39 Å². The van der Waals surface area contributed by atoms with Crippen LogP contribution in [-0.2, 0) is 12.8 Å². The summed E-state index contributed by atoms with van der Waals surface area (Å²) in [5.74, 6) is -0.402. The molecule has 0 aliphatic heterocycles. The minimum atomic E-state index is -0.489. The van der Waals surface area contributed by atoms with Crippen LogP contribution < -0.4 is 5.63 Å². The van der Waals surface area contributed by atoms with E-state index in [0.717, 1.165) is 42.2 Å². The van der Waals surface area contributed by atoms with Gasteiger partial charge in [-0.1, -0.05) is 94.5 Å². The molecule has 0 bridgehead atoms. The molecule has 0 amide bonds. The van der Waals surface area contributed by atoms with E-state index in [1.165, 1.54) is 31.2 Å². The van der Waals surface area contributed by atoms with Gasteiger partial charge >= 0.3 is 5.63 Å².